The number of benzene rings is 1. The van der Waals surface area contributed by atoms with Crippen LogP contribution in [-0.2, 0) is 17.9 Å². The molecule has 7 heteroatoms. The fraction of sp³-hybridized carbons (Fsp3) is 0.375. The van der Waals surface area contributed by atoms with E-state index in [0.717, 1.165) is 11.3 Å². The smallest absolute Gasteiger partial charge is 0.317 e. The lowest BCUT2D eigenvalue weighted by Gasteiger charge is -2.11. The Labute approximate surface area is 139 Å². The first kappa shape index (κ1) is 17.4. The number of aromatic nitrogens is 2. The normalized spacial score (nSPS) is 12.1. The molecule has 2 aromatic rings. The van der Waals surface area contributed by atoms with E-state index in [-0.39, 0.29) is 6.61 Å². The Balaban J connectivity index is 2.22. The summed E-state index contributed by atoms with van der Waals surface area (Å²) in [5, 5.41) is 18.5. The summed E-state index contributed by atoms with van der Waals surface area (Å²) in [7, 11) is 1.62. The molecule has 1 aromatic heterocycles. The number of ether oxygens (including phenoxy) is 1. The fourth-order valence-electron chi connectivity index (χ4n) is 2.10. The SMILES string of the molecule is CCC(Sc1nc(CO)cn1Cc1ccc(OC)cc1)C(=O)O. The van der Waals surface area contributed by atoms with Gasteiger partial charge in [-0.1, -0.05) is 30.8 Å². The quantitative estimate of drug-likeness (QED) is 0.720. The van der Waals surface area contributed by atoms with Crippen molar-refractivity contribution in [2.75, 3.05) is 7.11 Å². The molecular formula is C16H20N2O4S. The van der Waals surface area contributed by atoms with Gasteiger partial charge in [0, 0.05) is 12.7 Å². The molecule has 0 bridgehead atoms. The second-order valence-corrected chi connectivity index (χ2v) is 6.17. The summed E-state index contributed by atoms with van der Waals surface area (Å²) < 4.78 is 7.00. The molecule has 1 atom stereocenters. The standard InChI is InChI=1S/C16H20N2O4S/c1-3-14(15(20)21)23-16-17-12(10-19)9-18(16)8-11-4-6-13(22-2)7-5-11/h4-7,9,14,19H,3,8,10H2,1-2H3,(H,20,21). The third-order valence-electron chi connectivity index (χ3n) is 3.36. The van der Waals surface area contributed by atoms with Crippen LogP contribution in [0.3, 0.4) is 0 Å². The zero-order chi connectivity index (χ0) is 16.8. The van der Waals surface area contributed by atoms with Crippen LogP contribution in [0.15, 0.2) is 35.6 Å². The Morgan fingerprint density at radius 1 is 1.39 bits per heavy atom. The predicted molar refractivity (Wildman–Crippen MR) is 87.8 cm³/mol. The Kier molecular flexibility index (Phi) is 6.06. The van der Waals surface area contributed by atoms with E-state index in [9.17, 15) is 15.0 Å². The molecule has 1 heterocycles. The monoisotopic (exact) mass is 336 g/mol. The van der Waals surface area contributed by atoms with Crippen LogP contribution >= 0.6 is 11.8 Å². The molecule has 0 aliphatic rings. The minimum absolute atomic E-state index is 0.174. The molecule has 2 rings (SSSR count). The molecule has 2 N–H and O–H groups in total. The van der Waals surface area contributed by atoms with Crippen LogP contribution in [0.4, 0.5) is 0 Å². The Morgan fingerprint density at radius 3 is 2.61 bits per heavy atom. The van der Waals surface area contributed by atoms with Gasteiger partial charge in [0.2, 0.25) is 0 Å². The molecule has 6 nitrogen and oxygen atoms in total. The second kappa shape index (κ2) is 8.03. The lowest BCUT2D eigenvalue weighted by Crippen LogP contribution is -2.16. The highest BCUT2D eigenvalue weighted by Crippen LogP contribution is 2.26. The number of imidazole rings is 1. The van der Waals surface area contributed by atoms with Crippen molar-refractivity contribution in [2.45, 2.75) is 36.9 Å². The maximum Gasteiger partial charge on any atom is 0.317 e. The zero-order valence-electron chi connectivity index (χ0n) is 13.1. The first-order valence-electron chi connectivity index (χ1n) is 7.26. The van der Waals surface area contributed by atoms with Crippen molar-refractivity contribution in [1.29, 1.82) is 0 Å². The number of methoxy groups -OCH3 is 1. The van der Waals surface area contributed by atoms with Crippen LogP contribution < -0.4 is 4.74 Å². The van der Waals surface area contributed by atoms with E-state index >= 15 is 0 Å². The molecule has 124 valence electrons. The summed E-state index contributed by atoms with van der Waals surface area (Å²) in [4.78, 5) is 15.5. The summed E-state index contributed by atoms with van der Waals surface area (Å²) in [5.74, 6) is -0.0796. The number of nitrogens with zero attached hydrogens (tertiary/aromatic N) is 2. The van der Waals surface area contributed by atoms with E-state index < -0.39 is 11.2 Å². The van der Waals surface area contributed by atoms with Gasteiger partial charge < -0.3 is 19.5 Å². The van der Waals surface area contributed by atoms with Gasteiger partial charge in [0.1, 0.15) is 11.0 Å². The molecule has 0 saturated carbocycles. The van der Waals surface area contributed by atoms with Gasteiger partial charge in [-0.3, -0.25) is 4.79 Å². The van der Waals surface area contributed by atoms with Gasteiger partial charge in [-0.15, -0.1) is 0 Å². The highest BCUT2D eigenvalue weighted by atomic mass is 32.2. The fourth-order valence-corrected chi connectivity index (χ4v) is 3.04. The number of carboxylic acids is 1. The molecular weight excluding hydrogens is 316 g/mol. The summed E-state index contributed by atoms with van der Waals surface area (Å²) in [6.07, 6.45) is 2.25. The first-order chi connectivity index (χ1) is 11.1. The maximum absolute atomic E-state index is 11.2. The van der Waals surface area contributed by atoms with E-state index in [1.165, 1.54) is 11.8 Å². The number of rotatable bonds is 8. The zero-order valence-corrected chi connectivity index (χ0v) is 13.9. The lowest BCUT2D eigenvalue weighted by molar-refractivity contribution is -0.136. The van der Waals surface area contributed by atoms with Crippen molar-refractivity contribution in [3.8, 4) is 5.75 Å². The third kappa shape index (κ3) is 4.49. The number of aliphatic hydroxyl groups excluding tert-OH is 1. The lowest BCUT2D eigenvalue weighted by atomic mass is 10.2. The van der Waals surface area contributed by atoms with Gasteiger partial charge in [-0.25, -0.2) is 4.98 Å². The van der Waals surface area contributed by atoms with Gasteiger partial charge in [0.25, 0.3) is 0 Å². The van der Waals surface area contributed by atoms with Gasteiger partial charge >= 0.3 is 5.97 Å². The van der Waals surface area contributed by atoms with Gasteiger partial charge in [-0.05, 0) is 24.1 Å². The van der Waals surface area contributed by atoms with E-state index in [1.54, 1.807) is 13.3 Å². The van der Waals surface area contributed by atoms with Crippen molar-refractivity contribution in [2.24, 2.45) is 0 Å². The number of hydrogen-bond acceptors (Lipinski definition) is 5. The van der Waals surface area contributed by atoms with Crippen molar-refractivity contribution >= 4 is 17.7 Å². The number of aliphatic carboxylic acids is 1. The van der Waals surface area contributed by atoms with Gasteiger partial charge in [0.15, 0.2) is 5.16 Å². The minimum Gasteiger partial charge on any atom is -0.497 e. The number of hydrogen-bond donors (Lipinski definition) is 2. The van der Waals surface area contributed by atoms with Crippen LogP contribution in [0.2, 0.25) is 0 Å². The Hall–Kier alpha value is -1.99. The Morgan fingerprint density at radius 2 is 2.09 bits per heavy atom. The molecule has 0 radical (unpaired) electrons. The largest absolute Gasteiger partial charge is 0.497 e. The van der Waals surface area contributed by atoms with Crippen molar-refractivity contribution in [3.05, 3.63) is 41.7 Å². The first-order valence-corrected chi connectivity index (χ1v) is 8.14. The number of carboxylic acid groups (broad SMARTS) is 1. The molecule has 1 aromatic carbocycles. The average molecular weight is 336 g/mol. The maximum atomic E-state index is 11.2. The number of carbonyl (C=O) groups is 1. The Bertz CT molecular complexity index is 655. The predicted octanol–water partition coefficient (Wildman–Crippen LogP) is 2.39. The van der Waals surface area contributed by atoms with E-state index in [1.807, 2.05) is 35.8 Å². The van der Waals surface area contributed by atoms with E-state index in [2.05, 4.69) is 4.98 Å². The number of thioether (sulfide) groups is 1. The average Bonchev–Trinajstić information content (AvgIpc) is 2.94. The summed E-state index contributed by atoms with van der Waals surface area (Å²) in [6, 6.07) is 7.64. The topological polar surface area (TPSA) is 84.6 Å². The van der Waals surface area contributed by atoms with Crippen molar-refractivity contribution < 1.29 is 19.7 Å². The van der Waals surface area contributed by atoms with Crippen LogP contribution in [-0.4, -0.2) is 38.1 Å². The van der Waals surface area contributed by atoms with Crippen LogP contribution in [0, 0.1) is 0 Å². The van der Waals surface area contributed by atoms with Crippen LogP contribution in [0.25, 0.3) is 0 Å². The molecule has 0 spiro atoms. The van der Waals surface area contributed by atoms with Gasteiger partial charge in [-0.2, -0.15) is 0 Å². The molecule has 0 saturated heterocycles. The third-order valence-corrected chi connectivity index (χ3v) is 4.71. The van der Waals surface area contributed by atoms with Gasteiger partial charge in [0.05, 0.1) is 19.4 Å². The summed E-state index contributed by atoms with van der Waals surface area (Å²) >= 11 is 1.20. The highest BCUT2D eigenvalue weighted by Gasteiger charge is 2.20. The van der Waals surface area contributed by atoms with Crippen LogP contribution in [0.1, 0.15) is 24.6 Å². The van der Waals surface area contributed by atoms with Crippen LogP contribution in [0.5, 0.6) is 5.75 Å². The summed E-state index contributed by atoms with van der Waals surface area (Å²) in [5.41, 5.74) is 1.57. The minimum atomic E-state index is -0.859. The molecule has 0 aliphatic heterocycles. The second-order valence-electron chi connectivity index (χ2n) is 5.00. The number of aliphatic hydroxyl groups is 1. The molecule has 1 unspecified atom stereocenters. The van der Waals surface area contributed by atoms with Crippen molar-refractivity contribution in [3.63, 3.8) is 0 Å². The molecule has 0 fully saturated rings. The van der Waals surface area contributed by atoms with E-state index in [4.69, 9.17) is 4.74 Å². The molecule has 0 aliphatic carbocycles. The highest BCUT2D eigenvalue weighted by molar-refractivity contribution is 8.00. The van der Waals surface area contributed by atoms with Crippen molar-refractivity contribution in [1.82, 2.24) is 9.55 Å². The van der Waals surface area contributed by atoms with E-state index in [0.29, 0.717) is 23.8 Å². The molecule has 0 amide bonds. The molecule has 23 heavy (non-hydrogen) atoms. The summed E-state index contributed by atoms with van der Waals surface area (Å²) in [6.45, 7) is 2.21.